The van der Waals surface area contributed by atoms with Crippen molar-refractivity contribution in [3.8, 4) is 5.75 Å². The van der Waals surface area contributed by atoms with Gasteiger partial charge in [-0.05, 0) is 30.7 Å². The van der Waals surface area contributed by atoms with Crippen LogP contribution in [0.1, 0.15) is 18.4 Å². The Kier molecular flexibility index (Phi) is 7.06. The van der Waals surface area contributed by atoms with Gasteiger partial charge in [-0.1, -0.05) is 12.1 Å². The zero-order chi connectivity index (χ0) is 19.1. The van der Waals surface area contributed by atoms with E-state index in [-0.39, 0.29) is 17.7 Å². The smallest absolute Gasteiger partial charge is 0.225 e. The molecule has 0 aromatic heterocycles. The fourth-order valence-electron chi connectivity index (χ4n) is 3.54. The molecule has 0 spiro atoms. The molecule has 2 amide bonds. The maximum Gasteiger partial charge on any atom is 0.225 e. The quantitative estimate of drug-likeness (QED) is 0.683. The Labute approximate surface area is 160 Å². The van der Waals surface area contributed by atoms with Gasteiger partial charge in [0.05, 0.1) is 26.2 Å². The van der Waals surface area contributed by atoms with Crippen LogP contribution < -0.4 is 10.1 Å². The molecule has 148 valence electrons. The number of nitrogens with one attached hydrogen (secondary N) is 1. The fourth-order valence-corrected chi connectivity index (χ4v) is 3.54. The Bertz CT molecular complexity index is 629. The minimum Gasteiger partial charge on any atom is -0.497 e. The highest BCUT2D eigenvalue weighted by molar-refractivity contribution is 5.89. The summed E-state index contributed by atoms with van der Waals surface area (Å²) in [6.45, 7) is 6.15. The van der Waals surface area contributed by atoms with E-state index in [1.165, 1.54) is 0 Å². The van der Waals surface area contributed by atoms with Crippen LogP contribution in [-0.2, 0) is 20.9 Å². The van der Waals surface area contributed by atoms with Gasteiger partial charge in [-0.15, -0.1) is 0 Å². The van der Waals surface area contributed by atoms with Crippen LogP contribution in [0.15, 0.2) is 24.3 Å². The molecule has 7 heteroatoms. The molecule has 0 aliphatic carbocycles. The van der Waals surface area contributed by atoms with Crippen LogP contribution in [0.2, 0.25) is 0 Å². The Hall–Kier alpha value is -2.12. The second-order valence-electron chi connectivity index (χ2n) is 7.12. The maximum atomic E-state index is 12.4. The highest BCUT2D eigenvalue weighted by Crippen LogP contribution is 2.21. The number of morpholine rings is 1. The van der Waals surface area contributed by atoms with E-state index in [1.54, 1.807) is 12.0 Å². The van der Waals surface area contributed by atoms with Crippen LogP contribution in [0, 0.1) is 5.92 Å². The average molecular weight is 375 g/mol. The molecule has 3 rings (SSSR count). The van der Waals surface area contributed by atoms with E-state index in [0.29, 0.717) is 26.1 Å². The molecule has 1 aromatic carbocycles. The topological polar surface area (TPSA) is 71.1 Å². The number of ether oxygens (including phenoxy) is 2. The third-order valence-electron chi connectivity index (χ3n) is 5.17. The monoisotopic (exact) mass is 375 g/mol. The van der Waals surface area contributed by atoms with Gasteiger partial charge in [0, 0.05) is 39.1 Å². The molecule has 2 heterocycles. The fraction of sp³-hybridized carbons (Fsp3) is 0.600. The van der Waals surface area contributed by atoms with Crippen molar-refractivity contribution in [2.75, 3.05) is 53.0 Å². The van der Waals surface area contributed by atoms with E-state index < -0.39 is 0 Å². The van der Waals surface area contributed by atoms with E-state index >= 15 is 0 Å². The molecule has 1 N–H and O–H groups in total. The summed E-state index contributed by atoms with van der Waals surface area (Å²) < 4.78 is 10.5. The molecule has 2 fully saturated rings. The lowest BCUT2D eigenvalue weighted by Gasteiger charge is -2.26. The number of nitrogens with zero attached hydrogens (tertiary/aromatic N) is 2. The van der Waals surface area contributed by atoms with Gasteiger partial charge in [-0.25, -0.2) is 0 Å². The molecular weight excluding hydrogens is 346 g/mol. The lowest BCUT2D eigenvalue weighted by Crippen LogP contribution is -2.39. The molecule has 0 radical (unpaired) electrons. The molecule has 1 atom stereocenters. The van der Waals surface area contributed by atoms with Crippen molar-refractivity contribution in [2.45, 2.75) is 19.4 Å². The summed E-state index contributed by atoms with van der Waals surface area (Å²) in [6.07, 6.45) is 1.22. The minimum atomic E-state index is -0.251. The van der Waals surface area contributed by atoms with Crippen molar-refractivity contribution in [1.29, 1.82) is 0 Å². The number of hydrogen-bond donors (Lipinski definition) is 1. The Balaban J connectivity index is 1.38. The zero-order valence-corrected chi connectivity index (χ0v) is 16.0. The summed E-state index contributed by atoms with van der Waals surface area (Å²) >= 11 is 0. The van der Waals surface area contributed by atoms with E-state index in [4.69, 9.17) is 9.47 Å². The van der Waals surface area contributed by atoms with Crippen molar-refractivity contribution in [3.05, 3.63) is 29.8 Å². The SMILES string of the molecule is COc1ccc(CN2C[C@H](C(=O)NCCCN3CCOCC3)CC2=O)cc1. The molecule has 27 heavy (non-hydrogen) atoms. The van der Waals surface area contributed by atoms with Gasteiger partial charge < -0.3 is 19.7 Å². The first kappa shape index (κ1) is 19.6. The number of hydrogen-bond acceptors (Lipinski definition) is 5. The van der Waals surface area contributed by atoms with E-state index in [9.17, 15) is 9.59 Å². The third kappa shape index (κ3) is 5.68. The molecule has 2 saturated heterocycles. The molecule has 0 bridgehead atoms. The van der Waals surface area contributed by atoms with Gasteiger partial charge in [-0.2, -0.15) is 0 Å². The van der Waals surface area contributed by atoms with Crippen molar-refractivity contribution in [3.63, 3.8) is 0 Å². The molecule has 7 nitrogen and oxygen atoms in total. The number of carbonyl (C=O) groups excluding carboxylic acids is 2. The van der Waals surface area contributed by atoms with Crippen molar-refractivity contribution in [2.24, 2.45) is 5.92 Å². The first-order chi connectivity index (χ1) is 13.2. The maximum absolute atomic E-state index is 12.4. The molecule has 2 aliphatic rings. The molecule has 0 unspecified atom stereocenters. The summed E-state index contributed by atoms with van der Waals surface area (Å²) in [7, 11) is 1.63. The van der Waals surface area contributed by atoms with Crippen molar-refractivity contribution >= 4 is 11.8 Å². The summed E-state index contributed by atoms with van der Waals surface area (Å²) in [5, 5.41) is 2.99. The normalized spacial score (nSPS) is 20.7. The van der Waals surface area contributed by atoms with Crippen LogP contribution in [-0.4, -0.2) is 74.7 Å². The first-order valence-electron chi connectivity index (χ1n) is 9.64. The third-order valence-corrected chi connectivity index (χ3v) is 5.17. The molecule has 1 aromatic rings. The minimum absolute atomic E-state index is 0.0115. The summed E-state index contributed by atoms with van der Waals surface area (Å²) in [6, 6.07) is 7.67. The van der Waals surface area contributed by atoms with Gasteiger partial charge in [-0.3, -0.25) is 14.5 Å². The number of amides is 2. The Morgan fingerprint density at radius 2 is 2.00 bits per heavy atom. The lowest BCUT2D eigenvalue weighted by molar-refractivity contribution is -0.129. The average Bonchev–Trinajstić information content (AvgIpc) is 3.07. The first-order valence-corrected chi connectivity index (χ1v) is 9.64. The number of rotatable bonds is 8. The highest BCUT2D eigenvalue weighted by Gasteiger charge is 2.34. The summed E-state index contributed by atoms with van der Waals surface area (Å²) in [5.41, 5.74) is 1.04. The van der Waals surface area contributed by atoms with Crippen LogP contribution in [0.5, 0.6) is 5.75 Å². The Morgan fingerprint density at radius 3 is 2.70 bits per heavy atom. The van der Waals surface area contributed by atoms with E-state index in [2.05, 4.69) is 10.2 Å². The number of likely N-dealkylation sites (tertiary alicyclic amines) is 1. The predicted molar refractivity (Wildman–Crippen MR) is 101 cm³/mol. The highest BCUT2D eigenvalue weighted by atomic mass is 16.5. The van der Waals surface area contributed by atoms with Gasteiger partial charge in [0.15, 0.2) is 0 Å². The predicted octanol–water partition coefficient (Wildman–Crippen LogP) is 0.882. The van der Waals surface area contributed by atoms with Gasteiger partial charge in [0.25, 0.3) is 0 Å². The molecule has 0 saturated carbocycles. The van der Waals surface area contributed by atoms with E-state index in [1.807, 2.05) is 24.3 Å². The number of benzene rings is 1. The van der Waals surface area contributed by atoms with Gasteiger partial charge >= 0.3 is 0 Å². The second kappa shape index (κ2) is 9.71. The van der Waals surface area contributed by atoms with Gasteiger partial charge in [0.1, 0.15) is 5.75 Å². The van der Waals surface area contributed by atoms with Crippen molar-refractivity contribution in [1.82, 2.24) is 15.1 Å². The summed E-state index contributed by atoms with van der Waals surface area (Å²) in [4.78, 5) is 28.8. The van der Waals surface area contributed by atoms with Crippen molar-refractivity contribution < 1.29 is 19.1 Å². The molecule has 2 aliphatic heterocycles. The standard InChI is InChI=1S/C20H29N3O4/c1-26-18-5-3-16(4-6-18)14-23-15-17(13-19(23)24)20(25)21-7-2-8-22-9-11-27-12-10-22/h3-6,17H,2,7-15H2,1H3,(H,21,25)/t17-/m1/s1. The molecular formula is C20H29N3O4. The zero-order valence-electron chi connectivity index (χ0n) is 16.0. The van der Waals surface area contributed by atoms with Crippen LogP contribution in [0.3, 0.4) is 0 Å². The van der Waals surface area contributed by atoms with Crippen LogP contribution >= 0.6 is 0 Å². The summed E-state index contributed by atoms with van der Waals surface area (Å²) in [5.74, 6) is 0.571. The largest absolute Gasteiger partial charge is 0.497 e. The van der Waals surface area contributed by atoms with E-state index in [0.717, 1.165) is 50.6 Å². The van der Waals surface area contributed by atoms with Gasteiger partial charge in [0.2, 0.25) is 11.8 Å². The second-order valence-corrected chi connectivity index (χ2v) is 7.12. The lowest BCUT2D eigenvalue weighted by atomic mass is 10.1. The van der Waals surface area contributed by atoms with Crippen LogP contribution in [0.25, 0.3) is 0 Å². The number of methoxy groups -OCH3 is 1. The number of carbonyl (C=O) groups is 2. The van der Waals surface area contributed by atoms with Crippen LogP contribution in [0.4, 0.5) is 0 Å². The Morgan fingerprint density at radius 1 is 1.26 bits per heavy atom.